The van der Waals surface area contributed by atoms with Gasteiger partial charge in [-0.15, -0.1) is 0 Å². The molecule has 2 fully saturated rings. The van der Waals surface area contributed by atoms with Crippen molar-refractivity contribution in [1.29, 1.82) is 0 Å². The van der Waals surface area contributed by atoms with Crippen LogP contribution in [0.2, 0.25) is 5.02 Å². The van der Waals surface area contributed by atoms with E-state index in [1.54, 1.807) is 24.3 Å². The predicted molar refractivity (Wildman–Crippen MR) is 128 cm³/mol. The van der Waals surface area contributed by atoms with Crippen molar-refractivity contribution in [3.8, 4) is 0 Å². The Morgan fingerprint density at radius 2 is 1.72 bits per heavy atom. The van der Waals surface area contributed by atoms with Crippen LogP contribution in [0.1, 0.15) is 47.2 Å². The van der Waals surface area contributed by atoms with E-state index in [0.717, 1.165) is 31.5 Å². The first kappa shape index (κ1) is 22.8. The van der Waals surface area contributed by atoms with Crippen LogP contribution in [0, 0.1) is 12.8 Å². The topological polar surface area (TPSA) is 52.7 Å². The number of nitrogens with one attached hydrogen (secondary N) is 1. The summed E-state index contributed by atoms with van der Waals surface area (Å²) in [4.78, 5) is 30.3. The first-order chi connectivity index (χ1) is 15.5. The highest BCUT2D eigenvalue weighted by atomic mass is 35.5. The number of nitrogens with zero attached hydrogens (tertiary/aromatic N) is 2. The summed E-state index contributed by atoms with van der Waals surface area (Å²) in [7, 11) is 0. The van der Waals surface area contributed by atoms with Crippen LogP contribution in [0.5, 0.6) is 0 Å². The molecule has 5 nitrogen and oxygen atoms in total. The van der Waals surface area contributed by atoms with Crippen LogP contribution in [-0.4, -0.2) is 53.8 Å². The van der Waals surface area contributed by atoms with E-state index in [1.165, 1.54) is 18.4 Å². The number of halogens is 1. The predicted octanol–water partition coefficient (Wildman–Crippen LogP) is 4.28. The maximum Gasteiger partial charge on any atom is 0.253 e. The fourth-order valence-corrected chi connectivity index (χ4v) is 5.17. The van der Waals surface area contributed by atoms with Crippen molar-refractivity contribution in [3.63, 3.8) is 0 Å². The lowest BCUT2D eigenvalue weighted by Gasteiger charge is -2.40. The molecule has 1 N–H and O–H groups in total. The highest BCUT2D eigenvalue weighted by molar-refractivity contribution is 6.30. The SMILES string of the molecule is Cc1cccc(CNC(=O)[C@H](C2CCCC2)N2CCN(C(=O)c3ccc(Cl)cc3)CC2)c1. The summed E-state index contributed by atoms with van der Waals surface area (Å²) in [6.45, 7) is 5.33. The molecular formula is C26H32ClN3O2. The third kappa shape index (κ3) is 5.51. The van der Waals surface area contributed by atoms with Crippen LogP contribution < -0.4 is 5.32 Å². The Hall–Kier alpha value is -2.37. The normalized spacial score (nSPS) is 18.5. The van der Waals surface area contributed by atoms with E-state index in [0.29, 0.717) is 36.1 Å². The fourth-order valence-electron chi connectivity index (χ4n) is 5.05. The summed E-state index contributed by atoms with van der Waals surface area (Å²) in [6, 6.07) is 15.2. The molecule has 6 heteroatoms. The summed E-state index contributed by atoms with van der Waals surface area (Å²) in [5.74, 6) is 0.546. The van der Waals surface area contributed by atoms with Crippen LogP contribution in [-0.2, 0) is 11.3 Å². The second kappa shape index (κ2) is 10.5. The van der Waals surface area contributed by atoms with E-state index >= 15 is 0 Å². The molecule has 1 aliphatic heterocycles. The minimum Gasteiger partial charge on any atom is -0.351 e. The Kier molecular flexibility index (Phi) is 7.48. The minimum absolute atomic E-state index is 0.0302. The van der Waals surface area contributed by atoms with Gasteiger partial charge in [0.15, 0.2) is 0 Å². The number of carbonyl (C=O) groups is 2. The summed E-state index contributed by atoms with van der Waals surface area (Å²) in [6.07, 6.45) is 4.60. The van der Waals surface area contributed by atoms with Gasteiger partial charge in [-0.05, 0) is 55.5 Å². The lowest BCUT2D eigenvalue weighted by molar-refractivity contribution is -0.129. The van der Waals surface area contributed by atoms with Crippen LogP contribution in [0.15, 0.2) is 48.5 Å². The molecular weight excluding hydrogens is 422 g/mol. The van der Waals surface area contributed by atoms with Gasteiger partial charge in [0.1, 0.15) is 0 Å². The monoisotopic (exact) mass is 453 g/mol. The average Bonchev–Trinajstić information content (AvgIpc) is 3.33. The van der Waals surface area contributed by atoms with Gasteiger partial charge < -0.3 is 10.2 Å². The lowest BCUT2D eigenvalue weighted by atomic mass is 9.94. The molecule has 1 atom stereocenters. The molecule has 4 rings (SSSR count). The molecule has 2 amide bonds. The number of benzene rings is 2. The molecule has 1 heterocycles. The van der Waals surface area contributed by atoms with Gasteiger partial charge >= 0.3 is 0 Å². The molecule has 32 heavy (non-hydrogen) atoms. The van der Waals surface area contributed by atoms with Crippen molar-refractivity contribution in [1.82, 2.24) is 15.1 Å². The summed E-state index contributed by atoms with van der Waals surface area (Å²) in [5, 5.41) is 3.82. The van der Waals surface area contributed by atoms with Gasteiger partial charge in [-0.1, -0.05) is 54.3 Å². The quantitative estimate of drug-likeness (QED) is 0.710. The van der Waals surface area contributed by atoms with Crippen molar-refractivity contribution in [2.24, 2.45) is 5.92 Å². The van der Waals surface area contributed by atoms with E-state index < -0.39 is 0 Å². The minimum atomic E-state index is -0.116. The molecule has 0 radical (unpaired) electrons. The van der Waals surface area contributed by atoms with Gasteiger partial charge in [-0.3, -0.25) is 14.5 Å². The number of aryl methyl sites for hydroxylation is 1. The number of piperazine rings is 1. The van der Waals surface area contributed by atoms with Gasteiger partial charge in [0.25, 0.3) is 5.91 Å². The number of hydrogen-bond acceptors (Lipinski definition) is 3. The molecule has 0 bridgehead atoms. The largest absolute Gasteiger partial charge is 0.351 e. The zero-order valence-electron chi connectivity index (χ0n) is 18.7. The highest BCUT2D eigenvalue weighted by Gasteiger charge is 2.37. The average molecular weight is 454 g/mol. The number of rotatable bonds is 6. The molecule has 1 saturated heterocycles. The van der Waals surface area contributed by atoms with Crippen LogP contribution in [0.3, 0.4) is 0 Å². The molecule has 1 saturated carbocycles. The Morgan fingerprint density at radius 3 is 2.38 bits per heavy atom. The Balaban J connectivity index is 1.38. The van der Waals surface area contributed by atoms with Crippen molar-refractivity contribution >= 4 is 23.4 Å². The van der Waals surface area contributed by atoms with Gasteiger partial charge in [-0.25, -0.2) is 0 Å². The maximum absolute atomic E-state index is 13.3. The van der Waals surface area contributed by atoms with Crippen LogP contribution in [0.4, 0.5) is 0 Å². The van der Waals surface area contributed by atoms with Gasteiger partial charge in [0.05, 0.1) is 6.04 Å². The van der Waals surface area contributed by atoms with Gasteiger partial charge in [-0.2, -0.15) is 0 Å². The number of carbonyl (C=O) groups excluding carboxylic acids is 2. The Labute approximate surface area is 195 Å². The Morgan fingerprint density at radius 1 is 1.03 bits per heavy atom. The van der Waals surface area contributed by atoms with Crippen molar-refractivity contribution in [2.45, 2.75) is 45.2 Å². The number of hydrogen-bond donors (Lipinski definition) is 1. The van der Waals surface area contributed by atoms with E-state index in [2.05, 4.69) is 35.3 Å². The first-order valence-corrected chi connectivity index (χ1v) is 12.0. The second-order valence-electron chi connectivity index (χ2n) is 9.03. The highest BCUT2D eigenvalue weighted by Crippen LogP contribution is 2.31. The Bertz CT molecular complexity index is 932. The van der Waals surface area contributed by atoms with E-state index in [9.17, 15) is 9.59 Å². The van der Waals surface area contributed by atoms with Crippen LogP contribution >= 0.6 is 11.6 Å². The zero-order chi connectivity index (χ0) is 22.5. The second-order valence-corrected chi connectivity index (χ2v) is 9.47. The molecule has 1 aliphatic carbocycles. The summed E-state index contributed by atoms with van der Waals surface area (Å²) < 4.78 is 0. The van der Waals surface area contributed by atoms with Gasteiger partial charge in [0.2, 0.25) is 5.91 Å². The van der Waals surface area contributed by atoms with E-state index in [4.69, 9.17) is 11.6 Å². The lowest BCUT2D eigenvalue weighted by Crippen LogP contribution is -2.57. The maximum atomic E-state index is 13.3. The fraction of sp³-hybridized carbons (Fsp3) is 0.462. The first-order valence-electron chi connectivity index (χ1n) is 11.6. The molecule has 2 aromatic rings. The molecule has 2 aromatic carbocycles. The zero-order valence-corrected chi connectivity index (χ0v) is 19.5. The van der Waals surface area contributed by atoms with Crippen molar-refractivity contribution < 1.29 is 9.59 Å². The van der Waals surface area contributed by atoms with E-state index in [-0.39, 0.29) is 17.9 Å². The van der Waals surface area contributed by atoms with Crippen molar-refractivity contribution in [3.05, 3.63) is 70.2 Å². The molecule has 0 unspecified atom stereocenters. The molecule has 170 valence electrons. The third-order valence-corrected chi connectivity index (χ3v) is 7.00. The smallest absolute Gasteiger partial charge is 0.253 e. The summed E-state index contributed by atoms with van der Waals surface area (Å²) in [5.41, 5.74) is 2.98. The third-order valence-electron chi connectivity index (χ3n) is 6.75. The molecule has 2 aliphatic rings. The van der Waals surface area contributed by atoms with E-state index in [1.807, 2.05) is 11.0 Å². The molecule has 0 spiro atoms. The molecule has 0 aromatic heterocycles. The van der Waals surface area contributed by atoms with Crippen molar-refractivity contribution in [2.75, 3.05) is 26.2 Å². The number of amides is 2. The standard InChI is InChI=1S/C26H32ClN3O2/c1-19-5-4-6-20(17-19)18-28-25(31)24(21-7-2-3-8-21)29-13-15-30(16-14-29)26(32)22-9-11-23(27)12-10-22/h4-6,9-12,17,21,24H,2-3,7-8,13-16,18H2,1H3,(H,28,31)/t24-/m0/s1. The van der Waals surface area contributed by atoms with Crippen LogP contribution in [0.25, 0.3) is 0 Å². The summed E-state index contributed by atoms with van der Waals surface area (Å²) >= 11 is 5.95. The van der Waals surface area contributed by atoms with Gasteiger partial charge in [0, 0.05) is 43.3 Å².